The molecule has 0 spiro atoms. The fourth-order valence-electron chi connectivity index (χ4n) is 1.63. The third kappa shape index (κ3) is 1.69. The van der Waals surface area contributed by atoms with Crippen molar-refractivity contribution in [2.24, 2.45) is 5.73 Å². The van der Waals surface area contributed by atoms with Gasteiger partial charge < -0.3 is 10.6 Å². The van der Waals surface area contributed by atoms with Gasteiger partial charge in [-0.15, -0.1) is 0 Å². The van der Waals surface area contributed by atoms with E-state index in [0.717, 1.165) is 13.0 Å². The maximum absolute atomic E-state index is 11.0. The summed E-state index contributed by atoms with van der Waals surface area (Å²) < 4.78 is 0. The molecule has 0 aliphatic carbocycles. The third-order valence-electron chi connectivity index (χ3n) is 2.31. The van der Waals surface area contributed by atoms with Crippen LogP contribution in [0.4, 0.5) is 5.82 Å². The number of hydrogen-bond acceptors (Lipinski definition) is 4. The molecule has 1 fully saturated rings. The van der Waals surface area contributed by atoms with E-state index in [-0.39, 0.29) is 11.6 Å². The van der Waals surface area contributed by atoms with Gasteiger partial charge in [-0.05, 0) is 6.42 Å². The topological polar surface area (TPSA) is 95.0 Å². The summed E-state index contributed by atoms with van der Waals surface area (Å²) in [5, 5.41) is 0. The van der Waals surface area contributed by atoms with Crippen LogP contribution in [0.15, 0.2) is 15.7 Å². The number of aromatic nitrogens is 2. The number of nitrogens with one attached hydrogen (secondary N) is 2. The Morgan fingerprint density at radius 1 is 1.43 bits per heavy atom. The molecule has 1 unspecified atom stereocenters. The monoisotopic (exact) mass is 196 g/mol. The number of H-pyrrole nitrogens is 2. The van der Waals surface area contributed by atoms with Crippen LogP contribution in [0.2, 0.25) is 0 Å². The lowest BCUT2D eigenvalue weighted by Crippen LogP contribution is -2.31. The Bertz CT molecular complexity index is 407. The first-order valence-electron chi connectivity index (χ1n) is 4.49. The highest BCUT2D eigenvalue weighted by molar-refractivity contribution is 5.38. The quantitative estimate of drug-likeness (QED) is 0.515. The number of nitrogens with zero attached hydrogens (tertiary/aromatic N) is 1. The first-order valence-corrected chi connectivity index (χ1v) is 4.49. The van der Waals surface area contributed by atoms with Gasteiger partial charge in [0, 0.05) is 25.2 Å². The van der Waals surface area contributed by atoms with Gasteiger partial charge in [-0.3, -0.25) is 14.8 Å². The molecule has 0 aromatic carbocycles. The first kappa shape index (κ1) is 9.01. The lowest BCUT2D eigenvalue weighted by atomic mass is 10.3. The Labute approximate surface area is 79.7 Å². The van der Waals surface area contributed by atoms with Gasteiger partial charge in [0.1, 0.15) is 5.82 Å². The van der Waals surface area contributed by atoms with Crippen LogP contribution in [0.5, 0.6) is 0 Å². The lowest BCUT2D eigenvalue weighted by molar-refractivity contribution is 0.751. The summed E-state index contributed by atoms with van der Waals surface area (Å²) in [5.41, 5.74) is 4.86. The van der Waals surface area contributed by atoms with Crippen LogP contribution in [-0.2, 0) is 0 Å². The maximum atomic E-state index is 11.0. The van der Waals surface area contributed by atoms with Crippen LogP contribution in [0.3, 0.4) is 0 Å². The normalized spacial score (nSPS) is 21.5. The van der Waals surface area contributed by atoms with Crippen molar-refractivity contribution in [3.63, 3.8) is 0 Å². The molecule has 6 heteroatoms. The predicted octanol–water partition coefficient (Wildman–Crippen LogP) is -1.40. The molecule has 76 valence electrons. The van der Waals surface area contributed by atoms with E-state index in [1.807, 2.05) is 4.90 Å². The van der Waals surface area contributed by atoms with E-state index >= 15 is 0 Å². The molecule has 0 radical (unpaired) electrons. The predicted molar refractivity (Wildman–Crippen MR) is 52.5 cm³/mol. The highest BCUT2D eigenvalue weighted by Crippen LogP contribution is 2.13. The first-order chi connectivity index (χ1) is 6.65. The summed E-state index contributed by atoms with van der Waals surface area (Å²) in [6.07, 6.45) is 0.884. The van der Waals surface area contributed by atoms with Crippen molar-refractivity contribution in [2.45, 2.75) is 12.5 Å². The van der Waals surface area contributed by atoms with Gasteiger partial charge in [-0.25, -0.2) is 4.79 Å². The van der Waals surface area contributed by atoms with Gasteiger partial charge in [-0.2, -0.15) is 0 Å². The zero-order chi connectivity index (χ0) is 10.1. The van der Waals surface area contributed by atoms with Crippen molar-refractivity contribution in [1.29, 1.82) is 0 Å². The molecule has 0 saturated carbocycles. The van der Waals surface area contributed by atoms with Crippen LogP contribution < -0.4 is 21.9 Å². The molecular formula is C8H12N4O2. The average molecular weight is 196 g/mol. The molecule has 14 heavy (non-hydrogen) atoms. The maximum Gasteiger partial charge on any atom is 0.327 e. The summed E-state index contributed by atoms with van der Waals surface area (Å²) in [6, 6.07) is 1.50. The molecule has 1 aromatic rings. The Balaban J connectivity index is 2.33. The molecule has 4 N–H and O–H groups in total. The van der Waals surface area contributed by atoms with Gasteiger partial charge >= 0.3 is 5.69 Å². The van der Waals surface area contributed by atoms with Crippen molar-refractivity contribution in [3.05, 3.63) is 26.9 Å². The molecule has 2 heterocycles. The average Bonchev–Trinajstić information content (AvgIpc) is 2.50. The van der Waals surface area contributed by atoms with Gasteiger partial charge in [0.15, 0.2) is 0 Å². The molecule has 6 nitrogen and oxygen atoms in total. The minimum atomic E-state index is -0.479. The van der Waals surface area contributed by atoms with E-state index in [9.17, 15) is 9.59 Å². The van der Waals surface area contributed by atoms with E-state index in [1.54, 1.807) is 0 Å². The number of hydrogen-bond donors (Lipinski definition) is 3. The molecular weight excluding hydrogens is 184 g/mol. The summed E-state index contributed by atoms with van der Waals surface area (Å²) in [4.78, 5) is 28.6. The fourth-order valence-corrected chi connectivity index (χ4v) is 1.63. The zero-order valence-corrected chi connectivity index (χ0v) is 7.62. The second-order valence-electron chi connectivity index (χ2n) is 3.47. The summed E-state index contributed by atoms with van der Waals surface area (Å²) in [7, 11) is 0. The molecule has 1 aliphatic heterocycles. The van der Waals surface area contributed by atoms with Crippen LogP contribution in [0, 0.1) is 0 Å². The molecule has 0 bridgehead atoms. The Kier molecular flexibility index (Phi) is 2.12. The molecule has 1 saturated heterocycles. The molecule has 2 rings (SSSR count). The van der Waals surface area contributed by atoms with Crippen molar-refractivity contribution in [1.82, 2.24) is 9.97 Å². The Hall–Kier alpha value is -1.56. The second kappa shape index (κ2) is 3.30. The van der Waals surface area contributed by atoms with Crippen molar-refractivity contribution in [2.75, 3.05) is 18.0 Å². The smallest absolute Gasteiger partial charge is 0.327 e. The summed E-state index contributed by atoms with van der Waals surface area (Å²) in [6.45, 7) is 1.46. The standard InChI is InChI=1S/C8H12N4O2/c9-5-1-2-12(4-5)6-3-7(13)11-8(14)10-6/h3,5H,1-2,4,9H2,(H2,10,11,13,14). The molecule has 1 aromatic heterocycles. The van der Waals surface area contributed by atoms with Crippen molar-refractivity contribution in [3.8, 4) is 0 Å². The molecule has 0 amide bonds. The number of rotatable bonds is 1. The Morgan fingerprint density at radius 3 is 2.79 bits per heavy atom. The Morgan fingerprint density at radius 2 is 2.21 bits per heavy atom. The highest BCUT2D eigenvalue weighted by Gasteiger charge is 2.19. The van der Waals surface area contributed by atoms with Crippen molar-refractivity contribution < 1.29 is 0 Å². The van der Waals surface area contributed by atoms with Gasteiger partial charge in [0.2, 0.25) is 0 Å². The summed E-state index contributed by atoms with van der Waals surface area (Å²) in [5.74, 6) is 0.548. The largest absolute Gasteiger partial charge is 0.356 e. The van der Waals surface area contributed by atoms with E-state index in [2.05, 4.69) is 9.97 Å². The fraction of sp³-hybridized carbons (Fsp3) is 0.500. The SMILES string of the molecule is NC1CCN(c2cc(=O)[nH]c(=O)[nH]2)C1. The summed E-state index contributed by atoms with van der Waals surface area (Å²) >= 11 is 0. The molecule has 1 atom stereocenters. The van der Waals surface area contributed by atoms with Gasteiger partial charge in [0.25, 0.3) is 5.56 Å². The third-order valence-corrected chi connectivity index (χ3v) is 2.31. The lowest BCUT2D eigenvalue weighted by Gasteiger charge is -2.16. The zero-order valence-electron chi connectivity index (χ0n) is 7.62. The van der Waals surface area contributed by atoms with Crippen LogP contribution in [-0.4, -0.2) is 29.1 Å². The van der Waals surface area contributed by atoms with Crippen LogP contribution >= 0.6 is 0 Å². The minimum absolute atomic E-state index is 0.123. The number of nitrogens with two attached hydrogens (primary N) is 1. The van der Waals surface area contributed by atoms with Gasteiger partial charge in [-0.1, -0.05) is 0 Å². The second-order valence-corrected chi connectivity index (χ2v) is 3.47. The van der Waals surface area contributed by atoms with E-state index in [0.29, 0.717) is 12.4 Å². The van der Waals surface area contributed by atoms with Crippen LogP contribution in [0.1, 0.15) is 6.42 Å². The number of aromatic amines is 2. The van der Waals surface area contributed by atoms with Crippen molar-refractivity contribution >= 4 is 5.82 Å². The minimum Gasteiger partial charge on any atom is -0.356 e. The number of anilines is 1. The van der Waals surface area contributed by atoms with Crippen LogP contribution in [0.25, 0.3) is 0 Å². The van der Waals surface area contributed by atoms with E-state index in [4.69, 9.17) is 5.73 Å². The van der Waals surface area contributed by atoms with E-state index < -0.39 is 5.69 Å². The highest BCUT2D eigenvalue weighted by atomic mass is 16.2. The van der Waals surface area contributed by atoms with E-state index in [1.165, 1.54) is 6.07 Å². The molecule has 1 aliphatic rings. The van der Waals surface area contributed by atoms with Gasteiger partial charge in [0.05, 0.1) is 0 Å².